The van der Waals surface area contributed by atoms with Crippen LogP contribution in [0.25, 0.3) is 0 Å². The summed E-state index contributed by atoms with van der Waals surface area (Å²) < 4.78 is 1.38. The molecule has 2 N–H and O–H groups in total. The zero-order valence-corrected chi connectivity index (χ0v) is 18.2. The summed E-state index contributed by atoms with van der Waals surface area (Å²) in [4.78, 5) is 50.8. The van der Waals surface area contributed by atoms with Crippen molar-refractivity contribution in [1.82, 2.24) is 14.8 Å². The fraction of sp³-hybridized carbons (Fsp3) is 0.364. The Bertz CT molecular complexity index is 1060. The molecule has 1 aromatic carbocycles. The van der Waals surface area contributed by atoms with Gasteiger partial charge < -0.3 is 20.1 Å². The van der Waals surface area contributed by atoms with E-state index in [-0.39, 0.29) is 22.9 Å². The molecule has 3 rings (SSSR count). The van der Waals surface area contributed by atoms with Crippen molar-refractivity contribution in [1.29, 1.82) is 0 Å². The highest BCUT2D eigenvalue weighted by atomic mass is 35.5. The van der Waals surface area contributed by atoms with Gasteiger partial charge in [-0.05, 0) is 55.5 Å². The van der Waals surface area contributed by atoms with Crippen molar-refractivity contribution in [2.75, 3.05) is 25.0 Å². The standard InChI is InChI=1S/C22H25ClN4O4/c1-14-5-6-16(23)12-18(14)25-20(29)19(28)24-13-15-7-10-27(11-8-15)22(31)17-4-3-9-26(2)21(17)30/h3-6,9,12,15H,7-8,10-11,13H2,1-2H3,(H,24,28)(H,25,29). The van der Waals surface area contributed by atoms with Gasteiger partial charge in [-0.2, -0.15) is 0 Å². The summed E-state index contributed by atoms with van der Waals surface area (Å²) in [6.07, 6.45) is 2.96. The molecule has 1 aliphatic rings. The molecule has 0 bridgehead atoms. The number of carbonyl (C=O) groups excluding carboxylic acids is 3. The Labute approximate surface area is 185 Å². The average molecular weight is 445 g/mol. The number of hydrogen-bond donors (Lipinski definition) is 2. The fourth-order valence-corrected chi connectivity index (χ4v) is 3.67. The van der Waals surface area contributed by atoms with Crippen LogP contribution in [-0.4, -0.2) is 46.8 Å². The first-order valence-corrected chi connectivity index (χ1v) is 10.4. The minimum absolute atomic E-state index is 0.146. The second-order valence-electron chi connectivity index (χ2n) is 7.70. The smallest absolute Gasteiger partial charge is 0.313 e. The van der Waals surface area contributed by atoms with E-state index in [1.165, 1.54) is 10.6 Å². The van der Waals surface area contributed by atoms with E-state index in [0.29, 0.717) is 43.2 Å². The third-order valence-corrected chi connectivity index (χ3v) is 5.70. The molecule has 0 aliphatic carbocycles. The average Bonchev–Trinajstić information content (AvgIpc) is 2.76. The van der Waals surface area contributed by atoms with Gasteiger partial charge in [-0.1, -0.05) is 17.7 Å². The van der Waals surface area contributed by atoms with Crippen molar-refractivity contribution in [3.8, 4) is 0 Å². The van der Waals surface area contributed by atoms with E-state index in [9.17, 15) is 19.2 Å². The number of carbonyl (C=O) groups is 3. The lowest BCUT2D eigenvalue weighted by atomic mass is 9.96. The van der Waals surface area contributed by atoms with E-state index in [0.717, 1.165) is 5.56 Å². The lowest BCUT2D eigenvalue weighted by molar-refractivity contribution is -0.136. The molecule has 164 valence electrons. The van der Waals surface area contributed by atoms with Gasteiger partial charge in [0.15, 0.2) is 0 Å². The Balaban J connectivity index is 1.47. The number of piperidine rings is 1. The molecule has 31 heavy (non-hydrogen) atoms. The van der Waals surface area contributed by atoms with Gasteiger partial charge in [0.25, 0.3) is 11.5 Å². The van der Waals surface area contributed by atoms with Gasteiger partial charge in [-0.3, -0.25) is 19.2 Å². The molecule has 1 saturated heterocycles. The largest absolute Gasteiger partial charge is 0.348 e. The van der Waals surface area contributed by atoms with Gasteiger partial charge in [0.2, 0.25) is 0 Å². The fourth-order valence-electron chi connectivity index (χ4n) is 3.50. The van der Waals surface area contributed by atoms with E-state index in [1.807, 2.05) is 6.92 Å². The number of halogens is 1. The highest BCUT2D eigenvalue weighted by molar-refractivity contribution is 6.40. The number of aromatic nitrogens is 1. The first-order chi connectivity index (χ1) is 14.8. The zero-order valence-electron chi connectivity index (χ0n) is 17.5. The van der Waals surface area contributed by atoms with Crippen molar-refractivity contribution < 1.29 is 14.4 Å². The molecule has 3 amide bonds. The normalized spacial score (nSPS) is 14.2. The minimum atomic E-state index is -0.752. The number of nitrogens with one attached hydrogen (secondary N) is 2. The summed E-state index contributed by atoms with van der Waals surface area (Å²) in [6.45, 7) is 3.14. The van der Waals surface area contributed by atoms with Gasteiger partial charge in [-0.25, -0.2) is 0 Å². The first kappa shape index (κ1) is 22.6. The summed E-state index contributed by atoms with van der Waals surface area (Å²) in [6, 6.07) is 8.27. The van der Waals surface area contributed by atoms with Crippen LogP contribution in [0.3, 0.4) is 0 Å². The highest BCUT2D eigenvalue weighted by Gasteiger charge is 2.26. The predicted molar refractivity (Wildman–Crippen MR) is 118 cm³/mol. The quantitative estimate of drug-likeness (QED) is 0.704. The third-order valence-electron chi connectivity index (χ3n) is 5.46. The predicted octanol–water partition coefficient (Wildman–Crippen LogP) is 1.95. The highest BCUT2D eigenvalue weighted by Crippen LogP contribution is 2.20. The van der Waals surface area contributed by atoms with Gasteiger partial charge >= 0.3 is 11.8 Å². The van der Waals surface area contributed by atoms with E-state index in [1.54, 1.807) is 42.4 Å². The maximum Gasteiger partial charge on any atom is 0.313 e. The lowest BCUT2D eigenvalue weighted by Crippen LogP contribution is -2.44. The van der Waals surface area contributed by atoms with Crippen LogP contribution in [0, 0.1) is 12.8 Å². The molecule has 8 nitrogen and oxygen atoms in total. The molecule has 0 spiro atoms. The third kappa shape index (κ3) is 5.52. The van der Waals surface area contributed by atoms with E-state index >= 15 is 0 Å². The van der Waals surface area contributed by atoms with Gasteiger partial charge in [0.05, 0.1) is 0 Å². The Kier molecular flexibility index (Phi) is 7.12. The Hall–Kier alpha value is -3.13. The first-order valence-electron chi connectivity index (χ1n) is 10.1. The van der Waals surface area contributed by atoms with Gasteiger partial charge in [0, 0.05) is 43.6 Å². The number of anilines is 1. The summed E-state index contributed by atoms with van der Waals surface area (Å²) in [7, 11) is 1.61. The lowest BCUT2D eigenvalue weighted by Gasteiger charge is -2.32. The van der Waals surface area contributed by atoms with Crippen molar-refractivity contribution in [3.63, 3.8) is 0 Å². The molecule has 0 saturated carbocycles. The van der Waals surface area contributed by atoms with Crippen molar-refractivity contribution in [2.24, 2.45) is 13.0 Å². The number of amides is 3. The minimum Gasteiger partial charge on any atom is -0.348 e. The summed E-state index contributed by atoms with van der Waals surface area (Å²) in [5.41, 5.74) is 1.13. The zero-order chi connectivity index (χ0) is 22.5. The van der Waals surface area contributed by atoms with Crippen LogP contribution in [0.1, 0.15) is 28.8 Å². The number of rotatable bonds is 4. The number of pyridine rings is 1. The van der Waals surface area contributed by atoms with Crippen LogP contribution in [0.5, 0.6) is 0 Å². The molecule has 2 heterocycles. The summed E-state index contributed by atoms with van der Waals surface area (Å²) in [5, 5.41) is 5.70. The Morgan fingerprint density at radius 2 is 1.84 bits per heavy atom. The molecule has 9 heteroatoms. The number of aryl methyl sites for hydroxylation is 2. The molecule has 1 aliphatic heterocycles. The number of benzene rings is 1. The molecule has 2 aromatic rings. The van der Waals surface area contributed by atoms with E-state index < -0.39 is 11.8 Å². The SMILES string of the molecule is Cc1ccc(Cl)cc1NC(=O)C(=O)NCC1CCN(C(=O)c2cccn(C)c2=O)CC1. The molecule has 0 atom stereocenters. The second kappa shape index (κ2) is 9.78. The van der Waals surface area contributed by atoms with Crippen LogP contribution in [0.4, 0.5) is 5.69 Å². The van der Waals surface area contributed by atoms with Crippen LogP contribution in [0.15, 0.2) is 41.3 Å². The maximum absolute atomic E-state index is 12.6. The molecule has 0 radical (unpaired) electrons. The van der Waals surface area contributed by atoms with Crippen molar-refractivity contribution >= 4 is 35.0 Å². The Morgan fingerprint density at radius 3 is 2.55 bits per heavy atom. The molecule has 1 fully saturated rings. The Morgan fingerprint density at radius 1 is 1.13 bits per heavy atom. The number of hydrogen-bond acceptors (Lipinski definition) is 4. The monoisotopic (exact) mass is 444 g/mol. The topological polar surface area (TPSA) is 101 Å². The van der Waals surface area contributed by atoms with Crippen LogP contribution >= 0.6 is 11.6 Å². The summed E-state index contributed by atoms with van der Waals surface area (Å²) in [5.74, 6) is -1.60. The van der Waals surface area contributed by atoms with Gasteiger partial charge in [-0.15, -0.1) is 0 Å². The van der Waals surface area contributed by atoms with Crippen LogP contribution in [0.2, 0.25) is 5.02 Å². The van der Waals surface area contributed by atoms with E-state index in [4.69, 9.17) is 11.6 Å². The van der Waals surface area contributed by atoms with Crippen LogP contribution < -0.4 is 16.2 Å². The van der Waals surface area contributed by atoms with Gasteiger partial charge in [0.1, 0.15) is 5.56 Å². The van der Waals surface area contributed by atoms with Crippen LogP contribution in [-0.2, 0) is 16.6 Å². The number of likely N-dealkylation sites (tertiary alicyclic amines) is 1. The molecule has 0 unspecified atom stereocenters. The van der Waals surface area contributed by atoms with Crippen molar-refractivity contribution in [2.45, 2.75) is 19.8 Å². The second-order valence-corrected chi connectivity index (χ2v) is 8.13. The molecule has 1 aromatic heterocycles. The number of nitrogens with zero attached hydrogens (tertiary/aromatic N) is 2. The maximum atomic E-state index is 12.6. The van der Waals surface area contributed by atoms with E-state index in [2.05, 4.69) is 10.6 Å². The summed E-state index contributed by atoms with van der Waals surface area (Å²) >= 11 is 5.93. The van der Waals surface area contributed by atoms with Crippen molar-refractivity contribution in [3.05, 3.63) is 63.0 Å². The molecular formula is C22H25ClN4O4. The molecular weight excluding hydrogens is 420 g/mol.